The van der Waals surface area contributed by atoms with E-state index in [-0.39, 0.29) is 5.69 Å². The molecule has 0 unspecified atom stereocenters. The number of hydrogen-bond donors (Lipinski definition) is 0. The number of rotatable bonds is 3. The molecule has 1 aromatic carbocycles. The molecular formula is C10H6IN3O2S. The molecule has 0 amide bonds. The summed E-state index contributed by atoms with van der Waals surface area (Å²) in [6, 6.07) is 6.54. The van der Waals surface area contributed by atoms with E-state index in [2.05, 4.69) is 32.6 Å². The van der Waals surface area contributed by atoms with Gasteiger partial charge in [0.2, 0.25) is 0 Å². The fraction of sp³-hybridized carbons (Fsp3) is 0. The molecule has 0 N–H and O–H groups in total. The fourth-order valence-electron chi connectivity index (χ4n) is 1.15. The van der Waals surface area contributed by atoms with Gasteiger partial charge >= 0.3 is 0 Å². The minimum Gasteiger partial charge on any atom is -0.258 e. The Morgan fingerprint density at radius 2 is 1.88 bits per heavy atom. The summed E-state index contributed by atoms with van der Waals surface area (Å²) < 4.78 is 0.925. The van der Waals surface area contributed by atoms with Crippen molar-refractivity contribution in [1.82, 2.24) is 9.97 Å². The Balaban J connectivity index is 2.30. The van der Waals surface area contributed by atoms with Crippen LogP contribution in [0.4, 0.5) is 5.69 Å². The van der Waals surface area contributed by atoms with Gasteiger partial charge in [-0.05, 0) is 40.4 Å². The van der Waals surface area contributed by atoms with E-state index in [9.17, 15) is 10.1 Å². The lowest BCUT2D eigenvalue weighted by Crippen LogP contribution is -1.92. The number of hydrogen-bond acceptors (Lipinski definition) is 5. The van der Waals surface area contributed by atoms with Crippen LogP contribution in [0.25, 0.3) is 0 Å². The van der Waals surface area contributed by atoms with Gasteiger partial charge in [-0.1, -0.05) is 12.1 Å². The van der Waals surface area contributed by atoms with Gasteiger partial charge in [0.05, 0.1) is 9.82 Å². The fourth-order valence-corrected chi connectivity index (χ4v) is 2.23. The molecule has 0 bridgehead atoms. The summed E-state index contributed by atoms with van der Waals surface area (Å²) in [5, 5.41) is 11.3. The second-order valence-corrected chi connectivity index (χ2v) is 5.27. The first-order valence-electron chi connectivity index (χ1n) is 4.55. The van der Waals surface area contributed by atoms with Crippen LogP contribution in [0.2, 0.25) is 0 Å². The van der Waals surface area contributed by atoms with Crippen LogP contribution < -0.4 is 0 Å². The van der Waals surface area contributed by atoms with Crippen LogP contribution in [0.1, 0.15) is 0 Å². The summed E-state index contributed by atoms with van der Waals surface area (Å²) in [6.45, 7) is 0. The summed E-state index contributed by atoms with van der Waals surface area (Å²) in [7, 11) is 0. The van der Waals surface area contributed by atoms with E-state index >= 15 is 0 Å². The van der Waals surface area contributed by atoms with Crippen LogP contribution in [-0.2, 0) is 0 Å². The largest absolute Gasteiger partial charge is 0.283 e. The van der Waals surface area contributed by atoms with E-state index in [4.69, 9.17) is 0 Å². The Labute approximate surface area is 115 Å². The molecule has 0 aliphatic carbocycles. The number of aromatic nitrogens is 2. The molecule has 17 heavy (non-hydrogen) atoms. The summed E-state index contributed by atoms with van der Waals surface area (Å²) in [5.41, 5.74) is 0.0691. The third-order valence-corrected chi connectivity index (χ3v) is 3.38. The van der Waals surface area contributed by atoms with Crippen LogP contribution in [0, 0.1) is 13.7 Å². The molecule has 2 aromatic rings. The van der Waals surface area contributed by atoms with Crippen LogP contribution in [0.5, 0.6) is 0 Å². The second-order valence-electron chi connectivity index (χ2n) is 3.01. The van der Waals surface area contributed by atoms with Gasteiger partial charge in [-0.2, -0.15) is 0 Å². The van der Waals surface area contributed by atoms with Gasteiger partial charge in [0, 0.05) is 22.0 Å². The Hall–Kier alpha value is -1.22. The molecule has 1 aromatic heterocycles. The molecule has 0 spiro atoms. The van der Waals surface area contributed by atoms with Crippen molar-refractivity contribution in [3.05, 3.63) is 50.3 Å². The molecule has 0 saturated carbocycles. The summed E-state index contributed by atoms with van der Waals surface area (Å²) in [4.78, 5) is 19.1. The maximum Gasteiger partial charge on any atom is 0.283 e. The SMILES string of the molecule is O=[N+]([O-])c1ccccc1Sc1ncc(I)cn1. The number of benzene rings is 1. The van der Waals surface area contributed by atoms with E-state index in [1.807, 2.05) is 0 Å². The number of nitrogens with zero attached hydrogens (tertiary/aromatic N) is 3. The van der Waals surface area contributed by atoms with Crippen LogP contribution in [-0.4, -0.2) is 14.9 Å². The van der Waals surface area contributed by atoms with Gasteiger partial charge in [0.1, 0.15) is 0 Å². The quantitative estimate of drug-likeness (QED) is 0.365. The van der Waals surface area contributed by atoms with Gasteiger partial charge < -0.3 is 0 Å². The Morgan fingerprint density at radius 1 is 1.24 bits per heavy atom. The number of nitro benzene ring substituents is 1. The minimum atomic E-state index is -0.408. The van der Waals surface area contributed by atoms with Gasteiger partial charge in [-0.25, -0.2) is 9.97 Å². The maximum absolute atomic E-state index is 10.8. The van der Waals surface area contributed by atoms with E-state index < -0.39 is 4.92 Å². The molecule has 86 valence electrons. The van der Waals surface area contributed by atoms with Gasteiger partial charge in [-0.15, -0.1) is 0 Å². The highest BCUT2D eigenvalue weighted by atomic mass is 127. The van der Waals surface area contributed by atoms with Crippen LogP contribution >= 0.6 is 34.4 Å². The van der Waals surface area contributed by atoms with Crippen molar-refractivity contribution in [3.63, 3.8) is 0 Å². The Morgan fingerprint density at radius 3 is 2.53 bits per heavy atom. The van der Waals surface area contributed by atoms with Gasteiger partial charge in [0.15, 0.2) is 5.16 Å². The van der Waals surface area contributed by atoms with Crippen molar-refractivity contribution < 1.29 is 4.92 Å². The molecular weight excluding hydrogens is 353 g/mol. The van der Waals surface area contributed by atoms with Crippen molar-refractivity contribution >= 4 is 40.0 Å². The molecule has 0 aliphatic rings. The highest BCUT2D eigenvalue weighted by Gasteiger charge is 2.14. The lowest BCUT2D eigenvalue weighted by Gasteiger charge is -2.00. The summed E-state index contributed by atoms with van der Waals surface area (Å²) >= 11 is 3.29. The van der Waals surface area contributed by atoms with Crippen molar-refractivity contribution in [2.24, 2.45) is 0 Å². The highest BCUT2D eigenvalue weighted by molar-refractivity contribution is 14.1. The smallest absolute Gasteiger partial charge is 0.258 e. The van der Waals surface area contributed by atoms with Gasteiger partial charge in [0.25, 0.3) is 5.69 Å². The molecule has 0 atom stereocenters. The zero-order valence-corrected chi connectivity index (χ0v) is 11.4. The first-order chi connectivity index (χ1) is 8.16. The Kier molecular flexibility index (Phi) is 3.89. The first kappa shape index (κ1) is 12.2. The first-order valence-corrected chi connectivity index (χ1v) is 6.45. The topological polar surface area (TPSA) is 68.9 Å². The van der Waals surface area contributed by atoms with Crippen LogP contribution in [0.15, 0.2) is 46.7 Å². The number of halogens is 1. The van der Waals surface area contributed by atoms with Crippen molar-refractivity contribution in [3.8, 4) is 0 Å². The lowest BCUT2D eigenvalue weighted by molar-refractivity contribution is -0.387. The zero-order valence-electron chi connectivity index (χ0n) is 8.41. The van der Waals surface area contributed by atoms with E-state index in [0.29, 0.717) is 10.1 Å². The molecule has 7 heteroatoms. The minimum absolute atomic E-state index is 0.0691. The average molecular weight is 359 g/mol. The Bertz CT molecular complexity index is 548. The average Bonchev–Trinajstić information content (AvgIpc) is 2.32. The van der Waals surface area contributed by atoms with E-state index in [1.165, 1.54) is 17.8 Å². The van der Waals surface area contributed by atoms with Crippen molar-refractivity contribution in [2.45, 2.75) is 10.1 Å². The third kappa shape index (κ3) is 3.13. The predicted molar refractivity (Wildman–Crippen MR) is 72.0 cm³/mol. The lowest BCUT2D eigenvalue weighted by atomic mass is 10.3. The van der Waals surface area contributed by atoms with Gasteiger partial charge in [-0.3, -0.25) is 10.1 Å². The molecule has 0 aliphatic heterocycles. The highest BCUT2D eigenvalue weighted by Crippen LogP contribution is 2.32. The zero-order chi connectivity index (χ0) is 12.3. The molecule has 0 saturated heterocycles. The van der Waals surface area contributed by atoms with E-state index in [1.54, 1.807) is 30.6 Å². The van der Waals surface area contributed by atoms with E-state index in [0.717, 1.165) is 3.57 Å². The summed E-state index contributed by atoms with van der Waals surface area (Å²) in [5.74, 6) is 0. The summed E-state index contributed by atoms with van der Waals surface area (Å²) in [6.07, 6.45) is 3.34. The van der Waals surface area contributed by atoms with Crippen molar-refractivity contribution in [2.75, 3.05) is 0 Å². The molecule has 0 fully saturated rings. The molecule has 5 nitrogen and oxygen atoms in total. The normalized spacial score (nSPS) is 10.2. The molecule has 2 rings (SSSR count). The molecule has 1 heterocycles. The maximum atomic E-state index is 10.8. The number of para-hydroxylation sites is 1. The number of nitro groups is 1. The van der Waals surface area contributed by atoms with Crippen molar-refractivity contribution in [1.29, 1.82) is 0 Å². The monoisotopic (exact) mass is 359 g/mol. The molecule has 0 radical (unpaired) electrons. The van der Waals surface area contributed by atoms with Crippen LogP contribution in [0.3, 0.4) is 0 Å². The third-order valence-electron chi connectivity index (χ3n) is 1.86. The second kappa shape index (κ2) is 5.41. The standard InChI is InChI=1S/C10H6IN3O2S/c11-7-5-12-10(13-6-7)17-9-4-2-1-3-8(9)14(15)16/h1-6H. The predicted octanol–water partition coefficient (Wildman–Crippen LogP) is 3.14.